The van der Waals surface area contributed by atoms with Crippen LogP contribution >= 0.6 is 11.6 Å². The van der Waals surface area contributed by atoms with Gasteiger partial charge in [0.15, 0.2) is 5.82 Å². The fourth-order valence-electron chi connectivity index (χ4n) is 2.79. The standard InChI is InChI=1S/C17H20ClN5O2/c1-25-16(24)12-6-7-13(18)14(10-12)20-17-21-15(11-19-22-17)23-8-4-2-3-5-9-23/h6-7,10-11H,2-5,8-9H2,1H3,(H,20,21,22). The van der Waals surface area contributed by atoms with Crippen molar-refractivity contribution in [1.82, 2.24) is 15.2 Å². The van der Waals surface area contributed by atoms with Gasteiger partial charge in [-0.15, -0.1) is 5.10 Å². The molecule has 0 saturated carbocycles. The molecule has 0 radical (unpaired) electrons. The molecule has 1 fully saturated rings. The number of nitrogens with zero attached hydrogens (tertiary/aromatic N) is 4. The van der Waals surface area contributed by atoms with Gasteiger partial charge in [0.1, 0.15) is 0 Å². The molecule has 0 amide bonds. The molecule has 2 heterocycles. The quantitative estimate of drug-likeness (QED) is 0.835. The molecule has 0 atom stereocenters. The molecular formula is C17H20ClN5O2. The number of carbonyl (C=O) groups excluding carboxylic acids is 1. The number of halogens is 1. The number of rotatable bonds is 4. The van der Waals surface area contributed by atoms with Crippen molar-refractivity contribution in [1.29, 1.82) is 0 Å². The Labute approximate surface area is 151 Å². The Bertz CT molecular complexity index is 748. The lowest BCUT2D eigenvalue weighted by molar-refractivity contribution is 0.0601. The van der Waals surface area contributed by atoms with Crippen LogP contribution in [0.1, 0.15) is 36.0 Å². The molecule has 1 aliphatic heterocycles. The maximum Gasteiger partial charge on any atom is 0.337 e. The average molecular weight is 362 g/mol. The summed E-state index contributed by atoms with van der Waals surface area (Å²) in [6.07, 6.45) is 6.47. The van der Waals surface area contributed by atoms with Crippen LogP contribution in [0.15, 0.2) is 24.4 Å². The molecule has 2 aromatic rings. The van der Waals surface area contributed by atoms with Crippen molar-refractivity contribution in [2.45, 2.75) is 25.7 Å². The van der Waals surface area contributed by atoms with E-state index in [0.29, 0.717) is 22.2 Å². The van der Waals surface area contributed by atoms with E-state index < -0.39 is 5.97 Å². The largest absolute Gasteiger partial charge is 0.465 e. The van der Waals surface area contributed by atoms with Crippen LogP contribution in [0.3, 0.4) is 0 Å². The van der Waals surface area contributed by atoms with E-state index in [-0.39, 0.29) is 0 Å². The van der Waals surface area contributed by atoms with Crippen LogP contribution in [0.2, 0.25) is 5.02 Å². The Kier molecular flexibility index (Phi) is 5.65. The van der Waals surface area contributed by atoms with Crippen molar-refractivity contribution in [2.24, 2.45) is 0 Å². The van der Waals surface area contributed by atoms with Gasteiger partial charge >= 0.3 is 5.97 Å². The van der Waals surface area contributed by atoms with E-state index in [1.807, 2.05) is 0 Å². The van der Waals surface area contributed by atoms with Gasteiger partial charge in [0.25, 0.3) is 0 Å². The van der Waals surface area contributed by atoms with Crippen LogP contribution in [-0.4, -0.2) is 41.3 Å². The summed E-state index contributed by atoms with van der Waals surface area (Å²) in [5.74, 6) is 0.697. The van der Waals surface area contributed by atoms with Crippen molar-refractivity contribution in [3.63, 3.8) is 0 Å². The number of hydrogen-bond acceptors (Lipinski definition) is 7. The number of anilines is 3. The Hall–Kier alpha value is -2.41. The Morgan fingerprint density at radius 1 is 1.24 bits per heavy atom. The summed E-state index contributed by atoms with van der Waals surface area (Å²) in [6, 6.07) is 4.84. The second-order valence-electron chi connectivity index (χ2n) is 5.85. The van der Waals surface area contributed by atoms with Gasteiger partial charge in [-0.2, -0.15) is 10.1 Å². The van der Waals surface area contributed by atoms with E-state index in [0.717, 1.165) is 31.7 Å². The highest BCUT2D eigenvalue weighted by Crippen LogP contribution is 2.26. The molecule has 8 heteroatoms. The van der Waals surface area contributed by atoms with Crippen LogP contribution in [0.25, 0.3) is 0 Å². The smallest absolute Gasteiger partial charge is 0.337 e. The number of esters is 1. The van der Waals surface area contributed by atoms with Crippen molar-refractivity contribution in [2.75, 3.05) is 30.4 Å². The summed E-state index contributed by atoms with van der Waals surface area (Å²) in [6.45, 7) is 1.94. The number of carbonyl (C=O) groups is 1. The number of aromatic nitrogens is 3. The SMILES string of the molecule is COC(=O)c1ccc(Cl)c(Nc2nncc(N3CCCCCC3)n2)c1. The third-order valence-electron chi connectivity index (χ3n) is 4.11. The van der Waals surface area contributed by atoms with Crippen molar-refractivity contribution in [3.8, 4) is 0 Å². The first-order valence-electron chi connectivity index (χ1n) is 8.27. The second kappa shape index (κ2) is 8.11. The van der Waals surface area contributed by atoms with Crippen molar-refractivity contribution >= 4 is 35.0 Å². The molecular weight excluding hydrogens is 342 g/mol. The first-order chi connectivity index (χ1) is 12.2. The van der Waals surface area contributed by atoms with Crippen LogP contribution in [-0.2, 0) is 4.74 Å². The summed E-state index contributed by atoms with van der Waals surface area (Å²) in [4.78, 5) is 18.4. The van der Waals surface area contributed by atoms with E-state index in [1.54, 1.807) is 24.4 Å². The minimum atomic E-state index is -0.433. The molecule has 0 bridgehead atoms. The Morgan fingerprint density at radius 3 is 2.72 bits per heavy atom. The van der Waals surface area contributed by atoms with E-state index in [4.69, 9.17) is 16.3 Å². The minimum Gasteiger partial charge on any atom is -0.465 e. The lowest BCUT2D eigenvalue weighted by atomic mass is 10.2. The van der Waals surface area contributed by atoms with Gasteiger partial charge in [0.2, 0.25) is 5.95 Å². The number of methoxy groups -OCH3 is 1. The van der Waals surface area contributed by atoms with Crippen molar-refractivity contribution in [3.05, 3.63) is 35.0 Å². The first-order valence-corrected chi connectivity index (χ1v) is 8.65. The highest BCUT2D eigenvalue weighted by Gasteiger charge is 2.14. The molecule has 132 valence electrons. The molecule has 1 aromatic carbocycles. The molecule has 0 spiro atoms. The van der Waals surface area contributed by atoms with Gasteiger partial charge in [-0.05, 0) is 31.0 Å². The fourth-order valence-corrected chi connectivity index (χ4v) is 2.95. The fraction of sp³-hybridized carbons (Fsp3) is 0.412. The van der Waals surface area contributed by atoms with Gasteiger partial charge < -0.3 is 15.0 Å². The lowest BCUT2D eigenvalue weighted by Crippen LogP contribution is -2.25. The highest BCUT2D eigenvalue weighted by atomic mass is 35.5. The first kappa shape index (κ1) is 17.4. The van der Waals surface area contributed by atoms with Gasteiger partial charge in [0, 0.05) is 13.1 Å². The zero-order valence-corrected chi connectivity index (χ0v) is 14.8. The van der Waals surface area contributed by atoms with Crippen LogP contribution in [0.5, 0.6) is 0 Å². The molecule has 0 aliphatic carbocycles. The zero-order valence-electron chi connectivity index (χ0n) is 14.0. The maximum absolute atomic E-state index is 11.7. The van der Waals surface area contributed by atoms with Gasteiger partial charge in [-0.1, -0.05) is 24.4 Å². The topological polar surface area (TPSA) is 80.2 Å². The molecule has 7 nitrogen and oxygen atoms in total. The molecule has 0 unspecified atom stereocenters. The number of ether oxygens (including phenoxy) is 1. The Morgan fingerprint density at radius 2 is 2.00 bits per heavy atom. The van der Waals surface area contributed by atoms with Crippen LogP contribution < -0.4 is 10.2 Å². The van der Waals surface area contributed by atoms with Crippen molar-refractivity contribution < 1.29 is 9.53 Å². The van der Waals surface area contributed by atoms with E-state index in [9.17, 15) is 4.79 Å². The second-order valence-corrected chi connectivity index (χ2v) is 6.26. The summed E-state index contributed by atoms with van der Waals surface area (Å²) in [5, 5.41) is 11.5. The van der Waals surface area contributed by atoms with E-state index in [1.165, 1.54) is 20.0 Å². The summed E-state index contributed by atoms with van der Waals surface area (Å²) in [5.41, 5.74) is 0.922. The van der Waals surface area contributed by atoms with Crippen LogP contribution in [0, 0.1) is 0 Å². The average Bonchev–Trinajstić information content (AvgIpc) is 2.92. The summed E-state index contributed by atoms with van der Waals surface area (Å²) < 4.78 is 4.73. The van der Waals surface area contributed by atoms with Gasteiger partial charge in [0.05, 0.1) is 29.6 Å². The molecule has 1 saturated heterocycles. The number of benzene rings is 1. The number of nitrogens with one attached hydrogen (secondary N) is 1. The Balaban J connectivity index is 1.81. The monoisotopic (exact) mass is 361 g/mol. The normalized spacial score (nSPS) is 14.7. The van der Waals surface area contributed by atoms with Crippen LogP contribution in [0.4, 0.5) is 17.5 Å². The zero-order chi connectivity index (χ0) is 17.6. The predicted molar refractivity (Wildman–Crippen MR) is 96.6 cm³/mol. The molecule has 1 aliphatic rings. The predicted octanol–water partition coefficient (Wildman–Crippen LogP) is 3.44. The van der Waals surface area contributed by atoms with E-state index >= 15 is 0 Å². The lowest BCUT2D eigenvalue weighted by Gasteiger charge is -2.21. The minimum absolute atomic E-state index is 0.339. The molecule has 25 heavy (non-hydrogen) atoms. The third-order valence-corrected chi connectivity index (χ3v) is 4.44. The number of hydrogen-bond donors (Lipinski definition) is 1. The third kappa shape index (κ3) is 4.36. The molecule has 1 N–H and O–H groups in total. The van der Waals surface area contributed by atoms with Gasteiger partial charge in [-0.25, -0.2) is 4.79 Å². The highest BCUT2D eigenvalue weighted by molar-refractivity contribution is 6.33. The summed E-state index contributed by atoms with van der Waals surface area (Å²) >= 11 is 6.20. The molecule has 3 rings (SSSR count). The summed E-state index contributed by atoms with van der Waals surface area (Å²) in [7, 11) is 1.34. The molecule has 1 aromatic heterocycles. The van der Waals surface area contributed by atoms with E-state index in [2.05, 4.69) is 25.4 Å². The maximum atomic E-state index is 11.7. The van der Waals surface area contributed by atoms with Gasteiger partial charge in [-0.3, -0.25) is 0 Å².